The molecular formula is C20H20Cl2N6O2S. The van der Waals surface area contributed by atoms with Crippen molar-refractivity contribution in [2.24, 2.45) is 0 Å². The lowest BCUT2D eigenvalue weighted by Crippen LogP contribution is -2.41. The molecule has 1 saturated heterocycles. The molecule has 1 aliphatic heterocycles. The van der Waals surface area contributed by atoms with Gasteiger partial charge in [-0.3, -0.25) is 4.79 Å². The van der Waals surface area contributed by atoms with Crippen LogP contribution < -0.4 is 0 Å². The molecule has 162 valence electrons. The molecular weight excluding hydrogens is 459 g/mol. The van der Waals surface area contributed by atoms with E-state index < -0.39 is 0 Å². The van der Waals surface area contributed by atoms with E-state index in [1.54, 1.807) is 27.8 Å². The molecule has 0 aliphatic carbocycles. The van der Waals surface area contributed by atoms with Crippen LogP contribution in [-0.2, 0) is 10.5 Å². The number of nitrogens with zero attached hydrogens (tertiary/aromatic N) is 6. The first kappa shape index (κ1) is 22.0. The van der Waals surface area contributed by atoms with Crippen molar-refractivity contribution in [3.63, 3.8) is 0 Å². The Morgan fingerprint density at radius 1 is 1.06 bits per heavy atom. The average Bonchev–Trinajstić information content (AvgIpc) is 3.15. The standard InChI is InChI=1S/C20H20Cl2N6O2S/c1-12-7-13(2)24-20(23-12)31-11-17-18(19(29)27-3-5-30-6-4-27)25-26-28(17)16-9-14(21)8-15(22)10-16/h7-10H,3-6,11H2,1-2H3. The fraction of sp³-hybridized carbons (Fsp3) is 0.350. The van der Waals surface area contributed by atoms with Gasteiger partial charge in [0.15, 0.2) is 10.9 Å². The van der Waals surface area contributed by atoms with E-state index in [9.17, 15) is 4.79 Å². The highest BCUT2D eigenvalue weighted by atomic mass is 35.5. The van der Waals surface area contributed by atoms with Gasteiger partial charge in [-0.05, 0) is 38.1 Å². The Hall–Kier alpha value is -2.20. The molecule has 3 heterocycles. The number of hydrogen-bond acceptors (Lipinski definition) is 7. The van der Waals surface area contributed by atoms with Gasteiger partial charge in [-0.1, -0.05) is 40.2 Å². The van der Waals surface area contributed by atoms with E-state index in [0.717, 1.165) is 11.4 Å². The summed E-state index contributed by atoms with van der Waals surface area (Å²) in [5, 5.41) is 10.0. The van der Waals surface area contributed by atoms with Crippen LogP contribution in [0, 0.1) is 13.8 Å². The van der Waals surface area contributed by atoms with Gasteiger partial charge >= 0.3 is 0 Å². The number of carbonyl (C=O) groups is 1. The first-order valence-electron chi connectivity index (χ1n) is 9.64. The summed E-state index contributed by atoms with van der Waals surface area (Å²) in [5.41, 5.74) is 3.31. The van der Waals surface area contributed by atoms with Gasteiger partial charge in [0, 0.05) is 40.3 Å². The molecule has 0 bridgehead atoms. The molecule has 0 atom stereocenters. The lowest BCUT2D eigenvalue weighted by Gasteiger charge is -2.26. The number of thioether (sulfide) groups is 1. The molecule has 8 nitrogen and oxygen atoms in total. The fourth-order valence-corrected chi connectivity index (χ4v) is 4.73. The minimum Gasteiger partial charge on any atom is -0.378 e. The van der Waals surface area contributed by atoms with Crippen molar-refractivity contribution in [3.05, 3.63) is 57.1 Å². The van der Waals surface area contributed by atoms with Crippen LogP contribution in [0.2, 0.25) is 10.0 Å². The molecule has 1 amide bonds. The monoisotopic (exact) mass is 478 g/mol. The molecule has 0 N–H and O–H groups in total. The maximum atomic E-state index is 13.2. The van der Waals surface area contributed by atoms with E-state index in [-0.39, 0.29) is 11.6 Å². The number of aryl methyl sites for hydroxylation is 2. The Morgan fingerprint density at radius 3 is 2.35 bits per heavy atom. The van der Waals surface area contributed by atoms with Crippen LogP contribution >= 0.6 is 35.0 Å². The Balaban J connectivity index is 1.71. The minimum absolute atomic E-state index is 0.181. The smallest absolute Gasteiger partial charge is 0.276 e. The fourth-order valence-electron chi connectivity index (χ4n) is 3.27. The quantitative estimate of drug-likeness (QED) is 0.407. The number of carbonyl (C=O) groups excluding carboxylic acids is 1. The maximum Gasteiger partial charge on any atom is 0.276 e. The third kappa shape index (κ3) is 5.17. The molecule has 0 spiro atoms. The van der Waals surface area contributed by atoms with Crippen LogP contribution in [0.4, 0.5) is 0 Å². The second-order valence-electron chi connectivity index (χ2n) is 7.05. The van der Waals surface area contributed by atoms with Crippen molar-refractivity contribution in [2.75, 3.05) is 26.3 Å². The van der Waals surface area contributed by atoms with Crippen LogP contribution in [0.5, 0.6) is 0 Å². The molecule has 31 heavy (non-hydrogen) atoms. The van der Waals surface area contributed by atoms with Gasteiger partial charge in [0.25, 0.3) is 5.91 Å². The van der Waals surface area contributed by atoms with Gasteiger partial charge < -0.3 is 9.64 Å². The van der Waals surface area contributed by atoms with Gasteiger partial charge in [0.1, 0.15) is 0 Å². The van der Waals surface area contributed by atoms with Gasteiger partial charge in [0.05, 0.1) is 24.6 Å². The van der Waals surface area contributed by atoms with Crippen molar-refractivity contribution in [1.29, 1.82) is 0 Å². The van der Waals surface area contributed by atoms with E-state index in [1.165, 1.54) is 11.8 Å². The number of amides is 1. The molecule has 1 fully saturated rings. The summed E-state index contributed by atoms with van der Waals surface area (Å²) >= 11 is 13.8. The summed E-state index contributed by atoms with van der Waals surface area (Å²) in [5.74, 6) is 0.213. The van der Waals surface area contributed by atoms with E-state index in [4.69, 9.17) is 27.9 Å². The molecule has 0 saturated carbocycles. The summed E-state index contributed by atoms with van der Waals surface area (Å²) < 4.78 is 6.96. The Kier molecular flexibility index (Phi) is 6.76. The van der Waals surface area contributed by atoms with Gasteiger partial charge in [-0.25, -0.2) is 14.6 Å². The molecule has 2 aromatic heterocycles. The van der Waals surface area contributed by atoms with Crippen molar-refractivity contribution in [3.8, 4) is 5.69 Å². The van der Waals surface area contributed by atoms with Gasteiger partial charge in [0.2, 0.25) is 0 Å². The van der Waals surface area contributed by atoms with Crippen LogP contribution in [-0.4, -0.2) is 62.1 Å². The molecule has 3 aromatic rings. The third-order valence-electron chi connectivity index (χ3n) is 4.66. The van der Waals surface area contributed by atoms with Crippen LogP contribution in [0.15, 0.2) is 29.4 Å². The number of morpholine rings is 1. The molecule has 1 aliphatic rings. The third-order valence-corrected chi connectivity index (χ3v) is 5.95. The highest BCUT2D eigenvalue weighted by Crippen LogP contribution is 2.27. The van der Waals surface area contributed by atoms with Crippen LogP contribution in [0.1, 0.15) is 27.6 Å². The van der Waals surface area contributed by atoms with E-state index in [1.807, 2.05) is 19.9 Å². The van der Waals surface area contributed by atoms with E-state index in [0.29, 0.717) is 58.6 Å². The summed E-state index contributed by atoms with van der Waals surface area (Å²) in [6.07, 6.45) is 0. The second kappa shape index (κ2) is 9.52. The number of halogens is 2. The predicted molar refractivity (Wildman–Crippen MR) is 119 cm³/mol. The zero-order chi connectivity index (χ0) is 22.0. The number of aromatic nitrogens is 5. The number of hydrogen-bond donors (Lipinski definition) is 0. The van der Waals surface area contributed by atoms with Crippen molar-refractivity contribution in [1.82, 2.24) is 29.9 Å². The normalized spacial score (nSPS) is 14.1. The summed E-state index contributed by atoms with van der Waals surface area (Å²) in [7, 11) is 0. The highest BCUT2D eigenvalue weighted by Gasteiger charge is 2.27. The van der Waals surface area contributed by atoms with Crippen LogP contribution in [0.25, 0.3) is 5.69 Å². The maximum absolute atomic E-state index is 13.2. The highest BCUT2D eigenvalue weighted by molar-refractivity contribution is 7.98. The van der Waals surface area contributed by atoms with E-state index in [2.05, 4.69) is 20.3 Å². The Morgan fingerprint density at radius 2 is 1.71 bits per heavy atom. The number of rotatable bonds is 5. The SMILES string of the molecule is Cc1cc(C)nc(SCc2c(C(=O)N3CCOCC3)nnn2-c2cc(Cl)cc(Cl)c2)n1. The molecule has 1 aromatic carbocycles. The number of benzene rings is 1. The topological polar surface area (TPSA) is 86.0 Å². The molecule has 0 radical (unpaired) electrons. The summed E-state index contributed by atoms with van der Waals surface area (Å²) in [6, 6.07) is 7.01. The molecule has 11 heteroatoms. The zero-order valence-corrected chi connectivity index (χ0v) is 19.3. The van der Waals surface area contributed by atoms with Gasteiger partial charge in [-0.15, -0.1) is 5.10 Å². The molecule has 4 rings (SSSR count). The summed E-state index contributed by atoms with van der Waals surface area (Å²) in [4.78, 5) is 23.9. The summed E-state index contributed by atoms with van der Waals surface area (Å²) in [6.45, 7) is 5.88. The largest absolute Gasteiger partial charge is 0.378 e. The Bertz CT molecular complexity index is 1080. The first-order chi connectivity index (χ1) is 14.9. The second-order valence-corrected chi connectivity index (χ2v) is 8.87. The van der Waals surface area contributed by atoms with Crippen molar-refractivity contribution in [2.45, 2.75) is 24.8 Å². The predicted octanol–water partition coefficient (Wildman–Crippen LogP) is 3.75. The number of ether oxygens (including phenoxy) is 1. The van der Waals surface area contributed by atoms with Gasteiger partial charge in [-0.2, -0.15) is 0 Å². The van der Waals surface area contributed by atoms with Crippen molar-refractivity contribution >= 4 is 40.9 Å². The van der Waals surface area contributed by atoms with Crippen LogP contribution in [0.3, 0.4) is 0 Å². The van der Waals surface area contributed by atoms with Crippen molar-refractivity contribution < 1.29 is 9.53 Å². The average molecular weight is 479 g/mol. The lowest BCUT2D eigenvalue weighted by atomic mass is 10.2. The van der Waals surface area contributed by atoms with E-state index >= 15 is 0 Å². The first-order valence-corrected chi connectivity index (χ1v) is 11.4. The molecule has 0 unspecified atom stereocenters. The Labute approximate surface area is 193 Å². The minimum atomic E-state index is -0.181. The lowest BCUT2D eigenvalue weighted by molar-refractivity contribution is 0.0298. The zero-order valence-electron chi connectivity index (χ0n) is 17.0.